The van der Waals surface area contributed by atoms with E-state index in [4.69, 9.17) is 4.98 Å². The van der Waals surface area contributed by atoms with Gasteiger partial charge >= 0.3 is 0 Å². The molecule has 1 aliphatic rings. The monoisotopic (exact) mass is 289 g/mol. The van der Waals surface area contributed by atoms with E-state index in [-0.39, 0.29) is 0 Å². The quantitative estimate of drug-likeness (QED) is 0.911. The molecule has 2 heterocycles. The summed E-state index contributed by atoms with van der Waals surface area (Å²) >= 11 is 0. The molecule has 3 nitrogen and oxygen atoms in total. The number of rotatable bonds is 4. The van der Waals surface area contributed by atoms with Crippen LogP contribution in [0.1, 0.15) is 58.1 Å². The van der Waals surface area contributed by atoms with Gasteiger partial charge in [-0.1, -0.05) is 27.7 Å². The van der Waals surface area contributed by atoms with Crippen LogP contribution in [0.15, 0.2) is 12.3 Å². The summed E-state index contributed by atoms with van der Waals surface area (Å²) in [6.45, 7) is 14.5. The van der Waals surface area contributed by atoms with Gasteiger partial charge in [-0.3, -0.25) is 0 Å². The predicted octanol–water partition coefficient (Wildman–Crippen LogP) is 3.90. The topological polar surface area (TPSA) is 28.2 Å². The van der Waals surface area contributed by atoms with Crippen molar-refractivity contribution < 1.29 is 0 Å². The summed E-state index contributed by atoms with van der Waals surface area (Å²) in [4.78, 5) is 7.23. The molecule has 1 saturated heterocycles. The van der Waals surface area contributed by atoms with E-state index in [0.29, 0.717) is 11.5 Å². The molecule has 0 aromatic carbocycles. The number of hydrogen-bond donors (Lipinski definition) is 1. The molecule has 3 heteroatoms. The summed E-state index contributed by atoms with van der Waals surface area (Å²) in [6, 6.07) is 2.80. The van der Waals surface area contributed by atoms with E-state index in [0.717, 1.165) is 19.6 Å². The first-order chi connectivity index (χ1) is 9.87. The van der Waals surface area contributed by atoms with E-state index < -0.39 is 0 Å². The second kappa shape index (κ2) is 6.78. The van der Waals surface area contributed by atoms with Crippen molar-refractivity contribution in [3.63, 3.8) is 0 Å². The maximum Gasteiger partial charge on any atom is 0.131 e. The van der Waals surface area contributed by atoms with Gasteiger partial charge in [0.25, 0.3) is 0 Å². The predicted molar refractivity (Wildman–Crippen MR) is 90.8 cm³/mol. The van der Waals surface area contributed by atoms with Gasteiger partial charge in [-0.25, -0.2) is 4.98 Å². The minimum absolute atomic E-state index is 0.476. The van der Waals surface area contributed by atoms with Gasteiger partial charge in [0.2, 0.25) is 0 Å². The molecule has 0 unspecified atom stereocenters. The number of pyridine rings is 1. The van der Waals surface area contributed by atoms with Gasteiger partial charge in [0.15, 0.2) is 0 Å². The highest BCUT2D eigenvalue weighted by atomic mass is 15.2. The summed E-state index contributed by atoms with van der Waals surface area (Å²) in [7, 11) is 0. The van der Waals surface area contributed by atoms with Crippen LogP contribution in [-0.4, -0.2) is 24.1 Å². The van der Waals surface area contributed by atoms with E-state index in [1.807, 2.05) is 6.20 Å². The van der Waals surface area contributed by atoms with Crippen molar-refractivity contribution in [1.82, 2.24) is 10.3 Å². The maximum absolute atomic E-state index is 4.76. The molecule has 0 atom stereocenters. The Hall–Kier alpha value is -1.09. The number of hydrogen-bond acceptors (Lipinski definition) is 3. The molecule has 1 N–H and O–H groups in total. The first-order valence-corrected chi connectivity index (χ1v) is 8.31. The molecule has 21 heavy (non-hydrogen) atoms. The fraction of sp³-hybridized carbons (Fsp3) is 0.722. The molecule has 0 saturated carbocycles. The van der Waals surface area contributed by atoms with Gasteiger partial charge in [-0.05, 0) is 48.8 Å². The van der Waals surface area contributed by atoms with Gasteiger partial charge in [0.1, 0.15) is 5.82 Å². The third-order valence-corrected chi connectivity index (χ3v) is 4.46. The number of nitrogens with zero attached hydrogens (tertiary/aromatic N) is 2. The Morgan fingerprint density at radius 2 is 2.05 bits per heavy atom. The Labute approximate surface area is 130 Å². The van der Waals surface area contributed by atoms with Crippen molar-refractivity contribution in [2.45, 2.75) is 66.5 Å². The van der Waals surface area contributed by atoms with Gasteiger partial charge in [0.05, 0.1) is 0 Å². The standard InChI is InChI=1S/C18H31N3/c1-14(2)19-12-16-11-15(3)17(20-13-16)21-9-6-7-18(4,5)8-10-21/h11,13-14,19H,6-10,12H2,1-5H3. The van der Waals surface area contributed by atoms with Crippen LogP contribution in [0.4, 0.5) is 5.82 Å². The zero-order valence-electron chi connectivity index (χ0n) is 14.4. The number of aromatic nitrogens is 1. The molecule has 1 aromatic rings. The summed E-state index contributed by atoms with van der Waals surface area (Å²) in [5.41, 5.74) is 3.06. The lowest BCUT2D eigenvalue weighted by atomic mass is 9.85. The lowest BCUT2D eigenvalue weighted by molar-refractivity contribution is 0.325. The largest absolute Gasteiger partial charge is 0.356 e. The highest BCUT2D eigenvalue weighted by Gasteiger charge is 2.24. The van der Waals surface area contributed by atoms with Crippen LogP contribution < -0.4 is 10.2 Å². The average Bonchev–Trinajstić information content (AvgIpc) is 2.58. The van der Waals surface area contributed by atoms with Crippen molar-refractivity contribution in [3.05, 3.63) is 23.4 Å². The zero-order chi connectivity index (χ0) is 15.5. The van der Waals surface area contributed by atoms with Crippen LogP contribution >= 0.6 is 0 Å². The highest BCUT2D eigenvalue weighted by molar-refractivity contribution is 5.47. The van der Waals surface area contributed by atoms with Crippen molar-refractivity contribution >= 4 is 5.82 Å². The molecule has 1 aromatic heterocycles. The number of nitrogens with one attached hydrogen (secondary N) is 1. The minimum Gasteiger partial charge on any atom is -0.356 e. The lowest BCUT2D eigenvalue weighted by Crippen LogP contribution is -2.27. The maximum atomic E-state index is 4.76. The molecule has 0 amide bonds. The average molecular weight is 289 g/mol. The Morgan fingerprint density at radius 3 is 2.71 bits per heavy atom. The van der Waals surface area contributed by atoms with Gasteiger partial charge in [-0.2, -0.15) is 0 Å². The first kappa shape index (κ1) is 16.3. The van der Waals surface area contributed by atoms with Crippen molar-refractivity contribution in [2.24, 2.45) is 5.41 Å². The van der Waals surface area contributed by atoms with E-state index in [9.17, 15) is 0 Å². The summed E-state index contributed by atoms with van der Waals surface area (Å²) in [6.07, 6.45) is 5.88. The second-order valence-electron chi connectivity index (χ2n) is 7.52. The molecule has 2 rings (SSSR count). The smallest absolute Gasteiger partial charge is 0.131 e. The lowest BCUT2D eigenvalue weighted by Gasteiger charge is -2.25. The molecule has 0 bridgehead atoms. The summed E-state index contributed by atoms with van der Waals surface area (Å²) < 4.78 is 0. The molecule has 1 aliphatic heterocycles. The van der Waals surface area contributed by atoms with Gasteiger partial charge in [-0.15, -0.1) is 0 Å². The zero-order valence-corrected chi connectivity index (χ0v) is 14.4. The number of anilines is 1. The Balaban J connectivity index is 2.06. The molecular formula is C18H31N3. The Morgan fingerprint density at radius 1 is 1.29 bits per heavy atom. The Bertz CT molecular complexity index is 466. The van der Waals surface area contributed by atoms with E-state index in [2.05, 4.69) is 50.9 Å². The fourth-order valence-electron chi connectivity index (χ4n) is 3.01. The Kier molecular flexibility index (Phi) is 5.26. The van der Waals surface area contributed by atoms with Crippen molar-refractivity contribution in [1.29, 1.82) is 0 Å². The first-order valence-electron chi connectivity index (χ1n) is 8.31. The van der Waals surface area contributed by atoms with Crippen LogP contribution in [0.25, 0.3) is 0 Å². The van der Waals surface area contributed by atoms with Crippen LogP contribution in [0.2, 0.25) is 0 Å². The fourth-order valence-corrected chi connectivity index (χ4v) is 3.01. The highest BCUT2D eigenvalue weighted by Crippen LogP contribution is 2.32. The molecular weight excluding hydrogens is 258 g/mol. The van der Waals surface area contributed by atoms with Crippen LogP contribution in [0, 0.1) is 12.3 Å². The SMILES string of the molecule is Cc1cc(CNC(C)C)cnc1N1CCCC(C)(C)CC1. The normalized spacial score (nSPS) is 18.9. The summed E-state index contributed by atoms with van der Waals surface area (Å²) in [5, 5.41) is 3.46. The molecule has 118 valence electrons. The molecule has 0 radical (unpaired) electrons. The second-order valence-corrected chi connectivity index (χ2v) is 7.52. The van der Waals surface area contributed by atoms with Crippen LogP contribution in [0.3, 0.4) is 0 Å². The third-order valence-electron chi connectivity index (χ3n) is 4.46. The summed E-state index contributed by atoms with van der Waals surface area (Å²) in [5.74, 6) is 1.18. The third kappa shape index (κ3) is 4.70. The number of aryl methyl sites for hydroxylation is 1. The van der Waals surface area contributed by atoms with E-state index in [1.165, 1.54) is 36.2 Å². The van der Waals surface area contributed by atoms with Crippen molar-refractivity contribution in [3.8, 4) is 0 Å². The minimum atomic E-state index is 0.476. The van der Waals surface area contributed by atoms with E-state index in [1.54, 1.807) is 0 Å². The molecule has 0 spiro atoms. The molecule has 1 fully saturated rings. The van der Waals surface area contributed by atoms with Crippen LogP contribution in [0.5, 0.6) is 0 Å². The van der Waals surface area contributed by atoms with Gasteiger partial charge < -0.3 is 10.2 Å². The van der Waals surface area contributed by atoms with Gasteiger partial charge in [0, 0.05) is 31.9 Å². The van der Waals surface area contributed by atoms with Crippen molar-refractivity contribution in [2.75, 3.05) is 18.0 Å². The molecule has 0 aliphatic carbocycles. The van der Waals surface area contributed by atoms with Crippen LogP contribution in [-0.2, 0) is 6.54 Å². The van der Waals surface area contributed by atoms with E-state index >= 15 is 0 Å².